The number of carbonyl (C=O) groups is 1. The predicted molar refractivity (Wildman–Crippen MR) is 77.5 cm³/mol. The Morgan fingerprint density at radius 1 is 1.40 bits per heavy atom. The first kappa shape index (κ1) is 14.1. The van der Waals surface area contributed by atoms with Gasteiger partial charge in [0, 0.05) is 24.5 Å². The molecule has 1 aromatic rings. The van der Waals surface area contributed by atoms with Crippen LogP contribution in [0.1, 0.15) is 0 Å². The van der Waals surface area contributed by atoms with Crippen LogP contribution in [-0.2, 0) is 4.79 Å². The number of hydrogen-bond acceptors (Lipinski definition) is 5. The lowest BCUT2D eigenvalue weighted by Gasteiger charge is -2.18. The first-order chi connectivity index (χ1) is 9.67. The van der Waals surface area contributed by atoms with Gasteiger partial charge in [0.2, 0.25) is 0 Å². The summed E-state index contributed by atoms with van der Waals surface area (Å²) in [6.07, 6.45) is 1.88. The number of anilines is 1. The lowest BCUT2D eigenvalue weighted by Crippen LogP contribution is -2.32. The third-order valence-electron chi connectivity index (χ3n) is 2.77. The van der Waals surface area contributed by atoms with E-state index in [-0.39, 0.29) is 6.54 Å². The fourth-order valence-corrected chi connectivity index (χ4v) is 1.84. The molecule has 3 N–H and O–H groups in total. The number of aliphatic carboxylic acids is 1. The lowest BCUT2D eigenvalue weighted by atomic mass is 10.2. The fourth-order valence-electron chi connectivity index (χ4n) is 1.84. The van der Waals surface area contributed by atoms with E-state index >= 15 is 0 Å². The van der Waals surface area contributed by atoms with Crippen LogP contribution in [0.3, 0.4) is 0 Å². The number of nitrogens with one attached hydrogen (secondary N) is 2. The molecule has 20 heavy (non-hydrogen) atoms. The van der Waals surface area contributed by atoms with Gasteiger partial charge >= 0.3 is 5.97 Å². The van der Waals surface area contributed by atoms with Gasteiger partial charge in [0.15, 0.2) is 0 Å². The van der Waals surface area contributed by atoms with E-state index in [1.807, 2.05) is 30.3 Å². The number of hydrogen-bond donors (Lipinski definition) is 3. The first-order valence-corrected chi connectivity index (χ1v) is 6.25. The van der Waals surface area contributed by atoms with Crippen LogP contribution in [0.2, 0.25) is 0 Å². The van der Waals surface area contributed by atoms with E-state index in [4.69, 9.17) is 9.84 Å². The van der Waals surface area contributed by atoms with E-state index in [2.05, 4.69) is 15.6 Å². The Labute approximate surface area is 117 Å². The Morgan fingerprint density at radius 2 is 2.15 bits per heavy atom. The highest BCUT2D eigenvalue weighted by molar-refractivity contribution is 5.99. The van der Waals surface area contributed by atoms with Gasteiger partial charge in [-0.1, -0.05) is 0 Å². The molecule has 0 radical (unpaired) electrons. The van der Waals surface area contributed by atoms with Crippen LogP contribution in [0.4, 0.5) is 5.69 Å². The van der Waals surface area contributed by atoms with Crippen LogP contribution in [0, 0.1) is 0 Å². The molecule has 2 rings (SSSR count). The minimum absolute atomic E-state index is 0.205. The standard InChI is InChI=1S/C14H17N3O3/c1-20-13-4-2-10(3-5-13)17-12-6-11(7-15-8-12)16-9-14(18)19/h2-6,15,17H,7-9H2,1H3,(H,18,19). The maximum Gasteiger partial charge on any atom is 0.325 e. The van der Waals surface area contributed by atoms with E-state index in [0.717, 1.165) is 22.8 Å². The topological polar surface area (TPSA) is 83.0 Å². The SMILES string of the molecule is COc1ccc(NC2=CC(=NCC(=O)O)CNC2)cc1. The molecule has 6 heteroatoms. The van der Waals surface area contributed by atoms with Gasteiger partial charge in [-0.15, -0.1) is 0 Å². The molecule has 0 spiro atoms. The minimum atomic E-state index is -0.930. The Bertz CT molecular complexity index is 535. The van der Waals surface area contributed by atoms with E-state index in [0.29, 0.717) is 13.1 Å². The lowest BCUT2D eigenvalue weighted by molar-refractivity contribution is -0.135. The number of rotatable bonds is 5. The van der Waals surface area contributed by atoms with Crippen LogP contribution in [-0.4, -0.2) is 43.5 Å². The van der Waals surface area contributed by atoms with Crippen LogP contribution in [0.5, 0.6) is 5.75 Å². The van der Waals surface area contributed by atoms with Crippen LogP contribution < -0.4 is 15.4 Å². The third kappa shape index (κ3) is 4.10. The highest BCUT2D eigenvalue weighted by atomic mass is 16.5. The van der Waals surface area contributed by atoms with Gasteiger partial charge in [0.1, 0.15) is 12.3 Å². The molecular formula is C14H17N3O3. The fraction of sp³-hybridized carbons (Fsp3) is 0.286. The number of ether oxygens (including phenoxy) is 1. The van der Waals surface area contributed by atoms with E-state index < -0.39 is 5.97 Å². The number of benzene rings is 1. The molecule has 0 aliphatic carbocycles. The molecule has 0 saturated heterocycles. The second-order valence-corrected chi connectivity index (χ2v) is 4.33. The molecule has 0 aromatic heterocycles. The maximum atomic E-state index is 10.5. The van der Waals surface area contributed by atoms with E-state index in [1.54, 1.807) is 7.11 Å². The zero-order valence-corrected chi connectivity index (χ0v) is 11.2. The molecule has 0 fully saturated rings. The van der Waals surface area contributed by atoms with Crippen molar-refractivity contribution in [2.45, 2.75) is 0 Å². The Kier molecular flexibility index (Phi) is 4.73. The van der Waals surface area contributed by atoms with Gasteiger partial charge in [-0.25, -0.2) is 0 Å². The number of methoxy groups -OCH3 is 1. The average molecular weight is 275 g/mol. The van der Waals surface area contributed by atoms with Gasteiger partial charge < -0.3 is 20.5 Å². The summed E-state index contributed by atoms with van der Waals surface area (Å²) in [7, 11) is 1.63. The van der Waals surface area contributed by atoms with Gasteiger partial charge in [0.05, 0.1) is 12.8 Å². The third-order valence-corrected chi connectivity index (χ3v) is 2.77. The average Bonchev–Trinajstić information content (AvgIpc) is 2.46. The second kappa shape index (κ2) is 6.72. The van der Waals surface area contributed by atoms with Crippen molar-refractivity contribution in [1.29, 1.82) is 0 Å². The van der Waals surface area contributed by atoms with Crippen molar-refractivity contribution in [2.75, 3.05) is 32.1 Å². The number of aliphatic imine (C=N–C) groups is 1. The van der Waals surface area contributed by atoms with Gasteiger partial charge in [0.25, 0.3) is 0 Å². The number of nitrogens with zero attached hydrogens (tertiary/aromatic N) is 1. The Balaban J connectivity index is 2.03. The maximum absolute atomic E-state index is 10.5. The summed E-state index contributed by atoms with van der Waals surface area (Å²) in [5.41, 5.74) is 2.62. The van der Waals surface area contributed by atoms with Crippen molar-refractivity contribution in [3.05, 3.63) is 36.0 Å². The second-order valence-electron chi connectivity index (χ2n) is 4.33. The van der Waals surface area contributed by atoms with E-state index in [9.17, 15) is 4.79 Å². The molecule has 106 valence electrons. The summed E-state index contributed by atoms with van der Waals surface area (Å²) >= 11 is 0. The first-order valence-electron chi connectivity index (χ1n) is 6.25. The summed E-state index contributed by atoms with van der Waals surface area (Å²) in [5.74, 6) is -0.129. The molecule has 1 aliphatic rings. The van der Waals surface area contributed by atoms with Crippen molar-refractivity contribution in [2.24, 2.45) is 4.99 Å². The number of carboxylic acid groups (broad SMARTS) is 1. The van der Waals surface area contributed by atoms with Gasteiger partial charge in [-0.05, 0) is 30.3 Å². The molecule has 1 aromatic carbocycles. The predicted octanol–water partition coefficient (Wildman–Crippen LogP) is 1.12. The van der Waals surface area contributed by atoms with Crippen LogP contribution >= 0.6 is 0 Å². The molecule has 1 heterocycles. The summed E-state index contributed by atoms with van der Waals surface area (Å²) < 4.78 is 5.10. The largest absolute Gasteiger partial charge is 0.497 e. The zero-order chi connectivity index (χ0) is 14.4. The quantitative estimate of drug-likeness (QED) is 0.750. The molecule has 0 bridgehead atoms. The van der Waals surface area contributed by atoms with Gasteiger partial charge in [-0.2, -0.15) is 0 Å². The Hall–Kier alpha value is -2.34. The van der Waals surface area contributed by atoms with Gasteiger partial charge in [-0.3, -0.25) is 9.79 Å². The Morgan fingerprint density at radius 3 is 2.80 bits per heavy atom. The molecule has 6 nitrogen and oxygen atoms in total. The minimum Gasteiger partial charge on any atom is -0.497 e. The van der Waals surface area contributed by atoms with Crippen molar-refractivity contribution in [3.63, 3.8) is 0 Å². The van der Waals surface area contributed by atoms with Crippen LogP contribution in [0.25, 0.3) is 0 Å². The number of carboxylic acids is 1. The molecule has 0 unspecified atom stereocenters. The van der Waals surface area contributed by atoms with Crippen LogP contribution in [0.15, 0.2) is 41.0 Å². The van der Waals surface area contributed by atoms with Crippen molar-refractivity contribution < 1.29 is 14.6 Å². The summed E-state index contributed by atoms with van der Waals surface area (Å²) in [5, 5.41) is 15.1. The summed E-state index contributed by atoms with van der Waals surface area (Å²) in [6, 6.07) is 7.59. The van der Waals surface area contributed by atoms with Crippen molar-refractivity contribution in [3.8, 4) is 5.75 Å². The van der Waals surface area contributed by atoms with Crippen molar-refractivity contribution in [1.82, 2.24) is 5.32 Å². The normalized spacial score (nSPS) is 16.6. The zero-order valence-electron chi connectivity index (χ0n) is 11.2. The van der Waals surface area contributed by atoms with E-state index in [1.165, 1.54) is 0 Å². The highest BCUT2D eigenvalue weighted by Gasteiger charge is 2.08. The summed E-state index contributed by atoms with van der Waals surface area (Å²) in [4.78, 5) is 14.5. The van der Waals surface area contributed by atoms with Crippen molar-refractivity contribution >= 4 is 17.4 Å². The molecular weight excluding hydrogens is 258 g/mol. The monoisotopic (exact) mass is 275 g/mol. The molecule has 0 saturated carbocycles. The molecule has 1 aliphatic heterocycles. The molecule has 0 atom stereocenters. The molecule has 0 amide bonds. The highest BCUT2D eigenvalue weighted by Crippen LogP contribution is 2.16. The smallest absolute Gasteiger partial charge is 0.325 e. The summed E-state index contributed by atoms with van der Waals surface area (Å²) in [6.45, 7) is 1.07.